The first-order valence-electron chi connectivity index (χ1n) is 9.52. The molecule has 0 saturated heterocycles. The molecule has 0 spiro atoms. The minimum Gasteiger partial charge on any atom is -0.357 e. The molecule has 0 aliphatic carbocycles. The summed E-state index contributed by atoms with van der Waals surface area (Å²) in [6.45, 7) is 4.62. The van der Waals surface area contributed by atoms with Crippen molar-refractivity contribution in [1.82, 2.24) is 20.3 Å². The molecule has 0 atom stereocenters. The second-order valence-electron chi connectivity index (χ2n) is 7.07. The number of hydrogen-bond acceptors (Lipinski definition) is 4. The van der Waals surface area contributed by atoms with Crippen molar-refractivity contribution in [3.63, 3.8) is 0 Å². The largest absolute Gasteiger partial charge is 0.357 e. The van der Waals surface area contributed by atoms with Crippen LogP contribution in [0.1, 0.15) is 27.0 Å². The van der Waals surface area contributed by atoms with E-state index >= 15 is 0 Å². The Labute approximate surface area is 169 Å². The molecule has 0 radical (unpaired) electrons. The maximum absolute atomic E-state index is 12.5. The summed E-state index contributed by atoms with van der Waals surface area (Å²) in [4.78, 5) is 24.3. The van der Waals surface area contributed by atoms with Crippen molar-refractivity contribution in [2.24, 2.45) is 0 Å². The van der Waals surface area contributed by atoms with Gasteiger partial charge >= 0.3 is 0 Å². The van der Waals surface area contributed by atoms with Gasteiger partial charge in [-0.3, -0.25) is 4.79 Å². The number of carbonyl (C=O) groups excluding carboxylic acids is 1. The lowest BCUT2D eigenvalue weighted by atomic mass is 10.0. The maximum atomic E-state index is 12.5. The average molecular weight is 385 g/mol. The third-order valence-electron chi connectivity index (χ3n) is 5.03. The molecule has 0 unspecified atom stereocenters. The number of anilines is 1. The second-order valence-corrected chi connectivity index (χ2v) is 7.07. The quantitative estimate of drug-likeness (QED) is 0.480. The molecular formula is C23H23N5O. The van der Waals surface area contributed by atoms with Crippen LogP contribution in [0.5, 0.6) is 0 Å². The van der Waals surface area contributed by atoms with Gasteiger partial charge in [-0.05, 0) is 36.6 Å². The number of H-pyrrole nitrogens is 1. The number of nitrogens with zero attached hydrogens (tertiary/aromatic N) is 2. The first-order valence-corrected chi connectivity index (χ1v) is 9.52. The zero-order chi connectivity index (χ0) is 20.4. The standard InChI is InChI=1S/C23H23N5O/c1-14-9-17(11-25-22(29)18-12-26-23(24-3)27-13-18)21-19(10-14)15(2)20(28-21)16-7-5-4-6-8-16/h4-10,12-13,28H,11H2,1-3H3,(H,25,29)(H,24,26,27). The van der Waals surface area contributed by atoms with Crippen LogP contribution in [0.15, 0.2) is 54.9 Å². The average Bonchev–Trinajstić information content (AvgIpc) is 3.09. The molecule has 0 saturated carbocycles. The number of aromatic nitrogens is 3. The van der Waals surface area contributed by atoms with Crippen LogP contribution in [-0.4, -0.2) is 27.9 Å². The Morgan fingerprint density at radius 1 is 1.07 bits per heavy atom. The van der Waals surface area contributed by atoms with Gasteiger partial charge in [0.1, 0.15) is 0 Å². The molecule has 2 aromatic carbocycles. The Balaban J connectivity index is 1.64. The minimum absolute atomic E-state index is 0.200. The van der Waals surface area contributed by atoms with E-state index in [0.29, 0.717) is 18.1 Å². The number of carbonyl (C=O) groups is 1. The predicted octanol–water partition coefficient (Wildman–Crippen LogP) is 4.21. The number of fused-ring (bicyclic) bond motifs is 1. The van der Waals surface area contributed by atoms with Gasteiger partial charge in [0.25, 0.3) is 5.91 Å². The number of nitrogens with one attached hydrogen (secondary N) is 3. The smallest absolute Gasteiger partial charge is 0.254 e. The van der Waals surface area contributed by atoms with Crippen molar-refractivity contribution >= 4 is 22.8 Å². The normalized spacial score (nSPS) is 10.9. The van der Waals surface area contributed by atoms with Crippen LogP contribution in [0.3, 0.4) is 0 Å². The summed E-state index contributed by atoms with van der Waals surface area (Å²) in [5, 5.41) is 7.00. The van der Waals surface area contributed by atoms with Crippen molar-refractivity contribution in [3.8, 4) is 11.3 Å². The van der Waals surface area contributed by atoms with E-state index in [4.69, 9.17) is 0 Å². The summed E-state index contributed by atoms with van der Waals surface area (Å²) in [5.41, 5.74) is 7.15. The van der Waals surface area contributed by atoms with E-state index in [9.17, 15) is 4.79 Å². The summed E-state index contributed by atoms with van der Waals surface area (Å²) >= 11 is 0. The molecule has 2 aromatic heterocycles. The Morgan fingerprint density at radius 2 is 1.79 bits per heavy atom. The summed E-state index contributed by atoms with van der Waals surface area (Å²) < 4.78 is 0. The van der Waals surface area contributed by atoms with Crippen LogP contribution in [-0.2, 0) is 6.54 Å². The summed E-state index contributed by atoms with van der Waals surface area (Å²) in [7, 11) is 1.74. The molecule has 6 nitrogen and oxygen atoms in total. The Bertz CT molecular complexity index is 1160. The van der Waals surface area contributed by atoms with E-state index in [-0.39, 0.29) is 5.91 Å². The fourth-order valence-electron chi connectivity index (χ4n) is 3.54. The number of amides is 1. The molecular weight excluding hydrogens is 362 g/mol. The zero-order valence-corrected chi connectivity index (χ0v) is 16.7. The summed E-state index contributed by atoms with van der Waals surface area (Å²) in [5.74, 6) is 0.283. The van der Waals surface area contributed by atoms with E-state index in [0.717, 1.165) is 27.9 Å². The van der Waals surface area contributed by atoms with Crippen LogP contribution in [0.4, 0.5) is 5.95 Å². The van der Waals surface area contributed by atoms with E-state index in [1.165, 1.54) is 23.3 Å². The molecule has 4 aromatic rings. The van der Waals surface area contributed by atoms with Gasteiger partial charge in [0, 0.05) is 37.1 Å². The SMILES string of the molecule is CNc1ncc(C(=O)NCc2cc(C)cc3c(C)c(-c4ccccc4)[nH]c23)cn1. The van der Waals surface area contributed by atoms with E-state index in [1.807, 2.05) is 18.2 Å². The van der Waals surface area contributed by atoms with Crippen LogP contribution in [0, 0.1) is 13.8 Å². The van der Waals surface area contributed by atoms with E-state index in [1.54, 1.807) is 7.05 Å². The van der Waals surface area contributed by atoms with Crippen molar-refractivity contribution < 1.29 is 4.79 Å². The highest BCUT2D eigenvalue weighted by molar-refractivity contribution is 5.95. The summed E-state index contributed by atoms with van der Waals surface area (Å²) in [6.07, 6.45) is 3.04. The number of benzene rings is 2. The molecule has 1 amide bonds. The molecule has 0 fully saturated rings. The molecule has 146 valence electrons. The number of rotatable bonds is 5. The Morgan fingerprint density at radius 3 is 2.48 bits per heavy atom. The monoisotopic (exact) mass is 385 g/mol. The zero-order valence-electron chi connectivity index (χ0n) is 16.7. The number of hydrogen-bond donors (Lipinski definition) is 3. The lowest BCUT2D eigenvalue weighted by Gasteiger charge is -2.08. The van der Waals surface area contributed by atoms with E-state index in [2.05, 4.69) is 63.7 Å². The van der Waals surface area contributed by atoms with Gasteiger partial charge in [-0.1, -0.05) is 42.0 Å². The van der Waals surface area contributed by atoms with Crippen molar-refractivity contribution in [2.45, 2.75) is 20.4 Å². The highest BCUT2D eigenvalue weighted by Gasteiger charge is 2.14. The third-order valence-corrected chi connectivity index (χ3v) is 5.03. The summed E-state index contributed by atoms with van der Waals surface area (Å²) in [6, 6.07) is 14.6. The lowest BCUT2D eigenvalue weighted by Crippen LogP contribution is -2.23. The van der Waals surface area contributed by atoms with Gasteiger partial charge in [-0.2, -0.15) is 0 Å². The first-order chi connectivity index (χ1) is 14.1. The molecule has 6 heteroatoms. The van der Waals surface area contributed by atoms with Crippen LogP contribution < -0.4 is 10.6 Å². The highest BCUT2D eigenvalue weighted by Crippen LogP contribution is 2.32. The number of aryl methyl sites for hydroxylation is 2. The molecule has 3 N–H and O–H groups in total. The van der Waals surface area contributed by atoms with Crippen molar-refractivity contribution in [3.05, 3.63) is 77.1 Å². The van der Waals surface area contributed by atoms with Gasteiger partial charge in [-0.15, -0.1) is 0 Å². The Hall–Kier alpha value is -3.67. The first kappa shape index (κ1) is 18.7. The fraction of sp³-hybridized carbons (Fsp3) is 0.174. The molecule has 0 aliphatic heterocycles. The van der Waals surface area contributed by atoms with Crippen LogP contribution >= 0.6 is 0 Å². The number of aromatic amines is 1. The predicted molar refractivity (Wildman–Crippen MR) is 116 cm³/mol. The van der Waals surface area contributed by atoms with Gasteiger partial charge < -0.3 is 15.6 Å². The van der Waals surface area contributed by atoms with Gasteiger partial charge in [0.2, 0.25) is 5.95 Å². The Kier molecular flexibility index (Phi) is 4.99. The van der Waals surface area contributed by atoms with E-state index < -0.39 is 0 Å². The minimum atomic E-state index is -0.200. The topological polar surface area (TPSA) is 82.7 Å². The van der Waals surface area contributed by atoms with Gasteiger partial charge in [0.05, 0.1) is 11.1 Å². The van der Waals surface area contributed by atoms with Gasteiger partial charge in [-0.25, -0.2) is 9.97 Å². The third kappa shape index (κ3) is 3.69. The lowest BCUT2D eigenvalue weighted by molar-refractivity contribution is 0.0950. The van der Waals surface area contributed by atoms with Gasteiger partial charge in [0.15, 0.2) is 0 Å². The molecule has 0 aliphatic rings. The molecule has 2 heterocycles. The fourth-order valence-corrected chi connectivity index (χ4v) is 3.54. The van der Waals surface area contributed by atoms with Crippen LogP contribution in [0.25, 0.3) is 22.2 Å². The van der Waals surface area contributed by atoms with Crippen molar-refractivity contribution in [1.29, 1.82) is 0 Å². The molecule has 4 rings (SSSR count). The highest BCUT2D eigenvalue weighted by atomic mass is 16.1. The van der Waals surface area contributed by atoms with Crippen LogP contribution in [0.2, 0.25) is 0 Å². The van der Waals surface area contributed by atoms with Crippen molar-refractivity contribution in [2.75, 3.05) is 12.4 Å². The maximum Gasteiger partial charge on any atom is 0.254 e. The molecule has 29 heavy (non-hydrogen) atoms. The molecule has 0 bridgehead atoms. The second kappa shape index (κ2) is 7.75.